The molecule has 2 aromatic heterocycles. The van der Waals surface area contributed by atoms with Crippen LogP contribution in [0.5, 0.6) is 5.75 Å². The average molecular weight is 471 g/mol. The third-order valence-electron chi connectivity index (χ3n) is 5.71. The lowest BCUT2D eigenvalue weighted by atomic mass is 10.0. The van der Waals surface area contributed by atoms with Crippen LogP contribution in [-0.4, -0.2) is 35.2 Å². The van der Waals surface area contributed by atoms with Gasteiger partial charge in [-0.1, -0.05) is 25.5 Å². The lowest BCUT2D eigenvalue weighted by Gasteiger charge is -2.13. The van der Waals surface area contributed by atoms with Crippen LogP contribution in [0.1, 0.15) is 30.9 Å². The molecule has 0 atom stereocenters. The third kappa shape index (κ3) is 6.03. The Labute approximate surface area is 205 Å². The van der Waals surface area contributed by atoms with E-state index in [9.17, 15) is 4.79 Å². The molecule has 0 saturated heterocycles. The zero-order valence-electron chi connectivity index (χ0n) is 19.8. The highest BCUT2D eigenvalue weighted by Gasteiger charge is 2.22. The van der Waals surface area contributed by atoms with Crippen molar-refractivity contribution in [3.05, 3.63) is 77.9 Å². The van der Waals surface area contributed by atoms with Crippen molar-refractivity contribution in [1.82, 2.24) is 15.3 Å². The van der Waals surface area contributed by atoms with Crippen molar-refractivity contribution in [2.75, 3.05) is 23.8 Å². The maximum Gasteiger partial charge on any atom is 0.258 e. The molecule has 180 valence electrons. The van der Waals surface area contributed by atoms with Gasteiger partial charge in [0.15, 0.2) is 0 Å². The Morgan fingerprint density at radius 1 is 1.23 bits per heavy atom. The number of fused-ring (bicyclic) bond motifs is 1. The first-order valence-electron chi connectivity index (χ1n) is 11.8. The Morgan fingerprint density at radius 3 is 2.89 bits per heavy atom. The van der Waals surface area contributed by atoms with E-state index >= 15 is 0 Å². The summed E-state index contributed by atoms with van der Waals surface area (Å²) in [5, 5.41) is 16.9. The molecule has 4 N–H and O–H groups in total. The molecule has 0 unspecified atom stereocenters. The first-order chi connectivity index (χ1) is 17.2. The van der Waals surface area contributed by atoms with Crippen LogP contribution in [0, 0.1) is 5.41 Å². The maximum atomic E-state index is 12.6. The van der Waals surface area contributed by atoms with E-state index in [1.165, 1.54) is 0 Å². The summed E-state index contributed by atoms with van der Waals surface area (Å²) in [4.78, 5) is 21.3. The summed E-state index contributed by atoms with van der Waals surface area (Å²) in [5.74, 6) is 1.35. The number of unbranched alkanes of at least 4 members (excludes halogenated alkanes) is 1. The van der Waals surface area contributed by atoms with Gasteiger partial charge in [-0.15, -0.1) is 0 Å². The molecule has 0 spiro atoms. The predicted octanol–water partition coefficient (Wildman–Crippen LogP) is 4.55. The van der Waals surface area contributed by atoms with Gasteiger partial charge < -0.3 is 26.1 Å². The Kier molecular flexibility index (Phi) is 8.06. The van der Waals surface area contributed by atoms with Gasteiger partial charge in [0.1, 0.15) is 11.6 Å². The van der Waals surface area contributed by atoms with E-state index in [1.807, 2.05) is 42.6 Å². The minimum atomic E-state index is -0.322. The summed E-state index contributed by atoms with van der Waals surface area (Å²) in [6.45, 7) is 4.05. The molecule has 1 amide bonds. The molecular formula is C27H30N6O2. The molecule has 0 bridgehead atoms. The van der Waals surface area contributed by atoms with Crippen LogP contribution >= 0.6 is 0 Å². The smallest absolute Gasteiger partial charge is 0.258 e. The number of carbonyl (C=O) groups is 1. The van der Waals surface area contributed by atoms with Crippen LogP contribution in [0.4, 0.5) is 11.5 Å². The Morgan fingerprint density at radius 2 is 2.09 bits per heavy atom. The van der Waals surface area contributed by atoms with Crippen molar-refractivity contribution >= 4 is 23.6 Å². The fourth-order valence-electron chi connectivity index (χ4n) is 3.86. The molecule has 0 fully saturated rings. The number of benzene rings is 1. The van der Waals surface area contributed by atoms with Crippen molar-refractivity contribution in [2.24, 2.45) is 0 Å². The first kappa shape index (κ1) is 23.9. The summed E-state index contributed by atoms with van der Waals surface area (Å²) in [6.07, 6.45) is 10.9. The number of carbonyl (C=O) groups excluding carboxylic acids is 1. The van der Waals surface area contributed by atoms with E-state index in [2.05, 4.69) is 32.8 Å². The molecule has 3 heterocycles. The molecule has 4 rings (SSSR count). The largest absolute Gasteiger partial charge is 0.492 e. The predicted molar refractivity (Wildman–Crippen MR) is 139 cm³/mol. The molecule has 8 nitrogen and oxygen atoms in total. The van der Waals surface area contributed by atoms with Crippen LogP contribution < -0.4 is 20.7 Å². The molecule has 35 heavy (non-hydrogen) atoms. The van der Waals surface area contributed by atoms with Crippen LogP contribution in [0.15, 0.2) is 66.8 Å². The fraction of sp³-hybridized carbons (Fsp3) is 0.259. The van der Waals surface area contributed by atoms with Crippen LogP contribution in [0.3, 0.4) is 0 Å². The second-order valence-corrected chi connectivity index (χ2v) is 8.22. The number of aromatic nitrogens is 2. The standard InChI is InChI=1S/C27H30N6O2/c1-2-3-10-30-17-21(15-28)27(34)33-22-6-4-5-19(14-22)16-31-26-23-9-13-35-25(23)24(18-32-26)20-7-11-29-12-8-20/h4-8,11-12,14-15,17-18,28,30H,2-3,9-10,13,16H2,1H3,(H,31,32)(H,33,34)/b21-17+,28-15?. The summed E-state index contributed by atoms with van der Waals surface area (Å²) in [7, 11) is 0. The fourth-order valence-corrected chi connectivity index (χ4v) is 3.86. The molecule has 0 radical (unpaired) electrons. The number of nitrogens with zero attached hydrogens (tertiary/aromatic N) is 2. The van der Waals surface area contributed by atoms with Gasteiger partial charge in [-0.25, -0.2) is 4.98 Å². The van der Waals surface area contributed by atoms with E-state index < -0.39 is 0 Å². The Hall–Kier alpha value is -4.20. The molecule has 3 aromatic rings. The maximum absolute atomic E-state index is 12.6. The van der Waals surface area contributed by atoms with Crippen molar-refractivity contribution in [3.8, 4) is 16.9 Å². The average Bonchev–Trinajstić information content (AvgIpc) is 3.38. The number of hydrogen-bond acceptors (Lipinski definition) is 7. The summed E-state index contributed by atoms with van der Waals surface area (Å²) >= 11 is 0. The van der Waals surface area contributed by atoms with E-state index in [4.69, 9.17) is 10.1 Å². The van der Waals surface area contributed by atoms with E-state index in [0.29, 0.717) is 18.8 Å². The number of amides is 1. The van der Waals surface area contributed by atoms with Gasteiger partial charge in [-0.2, -0.15) is 0 Å². The molecular weight excluding hydrogens is 440 g/mol. The monoisotopic (exact) mass is 470 g/mol. The summed E-state index contributed by atoms with van der Waals surface area (Å²) < 4.78 is 5.94. The summed E-state index contributed by atoms with van der Waals surface area (Å²) in [5.41, 5.74) is 5.01. The normalized spacial score (nSPS) is 12.4. The molecule has 0 saturated carbocycles. The number of rotatable bonds is 11. The lowest BCUT2D eigenvalue weighted by molar-refractivity contribution is -0.112. The number of nitrogens with one attached hydrogen (secondary N) is 4. The molecule has 1 aliphatic rings. The zero-order chi connectivity index (χ0) is 24.5. The molecule has 8 heteroatoms. The van der Waals surface area contributed by atoms with Gasteiger partial charge in [-0.05, 0) is 41.8 Å². The highest BCUT2D eigenvalue weighted by molar-refractivity contribution is 6.17. The number of anilines is 2. The van der Waals surface area contributed by atoms with E-state index in [1.54, 1.807) is 18.6 Å². The van der Waals surface area contributed by atoms with Crippen LogP contribution in [-0.2, 0) is 17.8 Å². The zero-order valence-corrected chi connectivity index (χ0v) is 19.8. The first-order valence-corrected chi connectivity index (χ1v) is 11.8. The third-order valence-corrected chi connectivity index (χ3v) is 5.71. The van der Waals surface area contributed by atoms with Crippen molar-refractivity contribution in [3.63, 3.8) is 0 Å². The Balaban J connectivity index is 1.42. The minimum Gasteiger partial charge on any atom is -0.492 e. The van der Waals surface area contributed by atoms with Gasteiger partial charge in [0.25, 0.3) is 5.91 Å². The minimum absolute atomic E-state index is 0.277. The van der Waals surface area contributed by atoms with Crippen molar-refractivity contribution in [2.45, 2.75) is 32.7 Å². The van der Waals surface area contributed by atoms with Gasteiger partial charge in [-0.3, -0.25) is 9.78 Å². The summed E-state index contributed by atoms with van der Waals surface area (Å²) in [6, 6.07) is 11.5. The van der Waals surface area contributed by atoms with E-state index in [0.717, 1.165) is 65.8 Å². The van der Waals surface area contributed by atoms with Crippen LogP contribution in [0.2, 0.25) is 0 Å². The highest BCUT2D eigenvalue weighted by Crippen LogP contribution is 2.39. The number of hydrogen-bond donors (Lipinski definition) is 4. The van der Waals surface area contributed by atoms with Crippen molar-refractivity contribution < 1.29 is 9.53 Å². The topological polar surface area (TPSA) is 112 Å². The number of pyridine rings is 2. The molecule has 1 aromatic carbocycles. The molecule has 0 aliphatic carbocycles. The van der Waals surface area contributed by atoms with E-state index in [-0.39, 0.29) is 11.5 Å². The SMILES string of the molecule is CCCCN/C=C(\C=N)C(=O)Nc1cccc(CNc2ncc(-c3ccncc3)c3c2CCO3)c1. The van der Waals surface area contributed by atoms with Gasteiger partial charge in [0.05, 0.1) is 12.2 Å². The van der Waals surface area contributed by atoms with Gasteiger partial charge in [0, 0.05) is 67.3 Å². The second kappa shape index (κ2) is 11.8. The van der Waals surface area contributed by atoms with Gasteiger partial charge >= 0.3 is 0 Å². The highest BCUT2D eigenvalue weighted by atomic mass is 16.5. The lowest BCUT2D eigenvalue weighted by Crippen LogP contribution is -2.18. The second-order valence-electron chi connectivity index (χ2n) is 8.22. The number of ether oxygens (including phenoxy) is 1. The molecule has 1 aliphatic heterocycles. The Bertz CT molecular complexity index is 1210. The van der Waals surface area contributed by atoms with Gasteiger partial charge in [0.2, 0.25) is 0 Å². The quantitative estimate of drug-likeness (QED) is 0.186. The van der Waals surface area contributed by atoms with Crippen LogP contribution in [0.25, 0.3) is 11.1 Å². The van der Waals surface area contributed by atoms with Crippen molar-refractivity contribution in [1.29, 1.82) is 5.41 Å².